The van der Waals surface area contributed by atoms with Gasteiger partial charge in [-0.2, -0.15) is 0 Å². The van der Waals surface area contributed by atoms with E-state index in [1.165, 1.54) is 12.1 Å². The molecule has 0 heterocycles. The Kier molecular flexibility index (Phi) is 5.82. The van der Waals surface area contributed by atoms with Crippen LogP contribution in [0.1, 0.15) is 25.7 Å². The van der Waals surface area contributed by atoms with Gasteiger partial charge in [0.15, 0.2) is 9.84 Å². The fraction of sp³-hybridized carbons (Fsp3) is 0.350. The molecule has 7 heteroatoms. The third-order valence-electron chi connectivity index (χ3n) is 4.68. The van der Waals surface area contributed by atoms with E-state index in [0.717, 1.165) is 31.9 Å². The highest BCUT2D eigenvalue weighted by Crippen LogP contribution is 2.27. The van der Waals surface area contributed by atoms with Crippen molar-refractivity contribution < 1.29 is 17.9 Å². The number of carbonyl (C=O) groups is 1. The molecule has 0 radical (unpaired) electrons. The van der Waals surface area contributed by atoms with Crippen LogP contribution in [0, 0.1) is 5.92 Å². The molecule has 0 bridgehead atoms. The molecule has 2 unspecified atom stereocenters. The lowest BCUT2D eigenvalue weighted by Crippen LogP contribution is -2.34. The molecule has 0 saturated heterocycles. The maximum Gasteiger partial charge on any atom is 0.227 e. The second-order valence-corrected chi connectivity index (χ2v) is 9.00. The van der Waals surface area contributed by atoms with Crippen LogP contribution < -0.4 is 15.8 Å². The summed E-state index contributed by atoms with van der Waals surface area (Å²) < 4.78 is 29.0. The second-order valence-electron chi connectivity index (χ2n) is 6.99. The Morgan fingerprint density at radius 1 is 1.11 bits per heavy atom. The maximum absolute atomic E-state index is 12.4. The Morgan fingerprint density at radius 3 is 2.52 bits per heavy atom. The molecule has 1 amide bonds. The zero-order valence-electron chi connectivity index (χ0n) is 15.2. The van der Waals surface area contributed by atoms with Crippen LogP contribution in [0.15, 0.2) is 53.4 Å². The van der Waals surface area contributed by atoms with E-state index in [-0.39, 0.29) is 22.8 Å². The molecule has 6 nitrogen and oxygen atoms in total. The lowest BCUT2D eigenvalue weighted by atomic mass is 9.85. The second kappa shape index (κ2) is 8.10. The molecular weight excluding hydrogens is 364 g/mol. The Balaban J connectivity index is 1.63. The Bertz CT molecular complexity index is 910. The first kappa shape index (κ1) is 19.4. The van der Waals surface area contributed by atoms with Crippen LogP contribution in [0.5, 0.6) is 11.5 Å². The van der Waals surface area contributed by atoms with Gasteiger partial charge in [-0.05, 0) is 61.7 Å². The van der Waals surface area contributed by atoms with Gasteiger partial charge in [-0.25, -0.2) is 8.42 Å². The predicted octanol–water partition coefficient (Wildman–Crippen LogP) is 3.34. The van der Waals surface area contributed by atoms with Crippen LogP contribution in [-0.4, -0.2) is 26.6 Å². The van der Waals surface area contributed by atoms with Crippen molar-refractivity contribution in [1.29, 1.82) is 0 Å². The standard InChI is InChI=1S/C20H24N2O4S/c1-27(24,25)19-7-3-6-18(13-19)26-17-10-8-16(9-11-17)22-20(23)14-4-2-5-15(21)12-14/h3,6-11,13-15H,2,4-5,12,21H2,1H3,(H,22,23). The molecule has 3 rings (SSSR count). The fourth-order valence-corrected chi connectivity index (χ4v) is 3.88. The quantitative estimate of drug-likeness (QED) is 0.818. The van der Waals surface area contributed by atoms with Gasteiger partial charge in [0.1, 0.15) is 11.5 Å². The van der Waals surface area contributed by atoms with Crippen LogP contribution in [-0.2, 0) is 14.6 Å². The average Bonchev–Trinajstić information content (AvgIpc) is 2.63. The molecule has 0 aliphatic heterocycles. The van der Waals surface area contributed by atoms with E-state index >= 15 is 0 Å². The molecule has 1 saturated carbocycles. The minimum absolute atomic E-state index is 0.000304. The topological polar surface area (TPSA) is 98.5 Å². The molecule has 1 aliphatic carbocycles. The summed E-state index contributed by atoms with van der Waals surface area (Å²) in [4.78, 5) is 12.6. The van der Waals surface area contributed by atoms with Gasteiger partial charge in [0.2, 0.25) is 5.91 Å². The van der Waals surface area contributed by atoms with Gasteiger partial charge in [0.25, 0.3) is 0 Å². The molecule has 1 fully saturated rings. The van der Waals surface area contributed by atoms with Crippen molar-refractivity contribution in [3.8, 4) is 11.5 Å². The number of carbonyl (C=O) groups excluding carboxylic acids is 1. The van der Waals surface area contributed by atoms with Crippen molar-refractivity contribution in [2.75, 3.05) is 11.6 Å². The fourth-order valence-electron chi connectivity index (χ4n) is 3.22. The number of nitrogens with two attached hydrogens (primary N) is 1. The summed E-state index contributed by atoms with van der Waals surface area (Å²) in [6, 6.07) is 13.4. The number of rotatable bonds is 5. The van der Waals surface area contributed by atoms with E-state index < -0.39 is 9.84 Å². The van der Waals surface area contributed by atoms with E-state index in [2.05, 4.69) is 5.32 Å². The van der Waals surface area contributed by atoms with Gasteiger partial charge in [0.05, 0.1) is 4.90 Å². The van der Waals surface area contributed by atoms with Crippen LogP contribution >= 0.6 is 0 Å². The van der Waals surface area contributed by atoms with E-state index in [4.69, 9.17) is 10.5 Å². The van der Waals surface area contributed by atoms with Crippen molar-refractivity contribution in [2.24, 2.45) is 11.7 Å². The Labute approximate surface area is 159 Å². The summed E-state index contributed by atoms with van der Waals surface area (Å²) in [5.41, 5.74) is 6.64. The minimum Gasteiger partial charge on any atom is -0.457 e. The summed E-state index contributed by atoms with van der Waals surface area (Å²) in [6.45, 7) is 0. The Hall–Kier alpha value is -2.38. The van der Waals surface area contributed by atoms with Crippen molar-refractivity contribution in [2.45, 2.75) is 36.6 Å². The molecule has 2 atom stereocenters. The number of hydrogen-bond donors (Lipinski definition) is 2. The molecule has 3 N–H and O–H groups in total. The minimum atomic E-state index is -3.29. The van der Waals surface area contributed by atoms with Crippen LogP contribution in [0.25, 0.3) is 0 Å². The molecule has 2 aromatic rings. The number of anilines is 1. The van der Waals surface area contributed by atoms with Crippen molar-refractivity contribution in [3.05, 3.63) is 48.5 Å². The number of nitrogens with one attached hydrogen (secondary N) is 1. The first-order valence-corrected chi connectivity index (χ1v) is 10.8. The van der Waals surface area contributed by atoms with E-state index in [0.29, 0.717) is 17.2 Å². The number of hydrogen-bond acceptors (Lipinski definition) is 5. The van der Waals surface area contributed by atoms with Gasteiger partial charge < -0.3 is 15.8 Å². The Morgan fingerprint density at radius 2 is 1.85 bits per heavy atom. The molecule has 1 aliphatic rings. The summed E-state index contributed by atoms with van der Waals surface area (Å²) >= 11 is 0. The monoisotopic (exact) mass is 388 g/mol. The smallest absolute Gasteiger partial charge is 0.227 e. The zero-order chi connectivity index (χ0) is 19.4. The largest absolute Gasteiger partial charge is 0.457 e. The van der Waals surface area contributed by atoms with Crippen molar-refractivity contribution in [3.63, 3.8) is 0 Å². The first-order chi connectivity index (χ1) is 12.8. The number of sulfone groups is 1. The van der Waals surface area contributed by atoms with Crippen LogP contribution in [0.3, 0.4) is 0 Å². The lowest BCUT2D eigenvalue weighted by molar-refractivity contribution is -0.120. The van der Waals surface area contributed by atoms with Crippen molar-refractivity contribution in [1.82, 2.24) is 0 Å². The highest BCUT2D eigenvalue weighted by molar-refractivity contribution is 7.90. The first-order valence-electron chi connectivity index (χ1n) is 8.96. The van der Waals surface area contributed by atoms with E-state index in [9.17, 15) is 13.2 Å². The SMILES string of the molecule is CS(=O)(=O)c1cccc(Oc2ccc(NC(=O)C3CCCC(N)C3)cc2)c1. The van der Waals surface area contributed by atoms with Gasteiger partial charge in [0, 0.05) is 23.9 Å². The van der Waals surface area contributed by atoms with E-state index in [1.807, 2.05) is 0 Å². The molecule has 27 heavy (non-hydrogen) atoms. The van der Waals surface area contributed by atoms with Gasteiger partial charge in [-0.15, -0.1) is 0 Å². The van der Waals surface area contributed by atoms with Crippen LogP contribution in [0.2, 0.25) is 0 Å². The van der Waals surface area contributed by atoms with E-state index in [1.54, 1.807) is 36.4 Å². The molecular formula is C20H24N2O4S. The van der Waals surface area contributed by atoms with Gasteiger partial charge in [-0.3, -0.25) is 4.79 Å². The number of benzene rings is 2. The predicted molar refractivity (Wildman–Crippen MR) is 105 cm³/mol. The normalized spacial score (nSPS) is 20.1. The molecule has 2 aromatic carbocycles. The van der Waals surface area contributed by atoms with Gasteiger partial charge >= 0.3 is 0 Å². The van der Waals surface area contributed by atoms with Crippen molar-refractivity contribution >= 4 is 21.4 Å². The molecule has 144 valence electrons. The highest BCUT2D eigenvalue weighted by Gasteiger charge is 2.25. The zero-order valence-corrected chi connectivity index (χ0v) is 16.0. The third kappa shape index (κ3) is 5.30. The summed E-state index contributed by atoms with van der Waals surface area (Å²) in [5, 5.41) is 2.92. The third-order valence-corrected chi connectivity index (χ3v) is 5.79. The summed E-state index contributed by atoms with van der Waals surface area (Å²) in [5.74, 6) is 0.951. The van der Waals surface area contributed by atoms with Crippen LogP contribution in [0.4, 0.5) is 5.69 Å². The average molecular weight is 388 g/mol. The maximum atomic E-state index is 12.4. The number of ether oxygens (including phenoxy) is 1. The van der Waals surface area contributed by atoms with Gasteiger partial charge in [-0.1, -0.05) is 12.5 Å². The number of amides is 1. The molecule has 0 aromatic heterocycles. The lowest BCUT2D eigenvalue weighted by Gasteiger charge is -2.25. The summed E-state index contributed by atoms with van der Waals surface area (Å²) in [7, 11) is -3.29. The summed E-state index contributed by atoms with van der Waals surface area (Å²) in [6.07, 6.45) is 4.72. The molecule has 0 spiro atoms. The highest BCUT2D eigenvalue weighted by atomic mass is 32.2.